The molecule has 1 aliphatic rings. The average Bonchev–Trinajstić information content (AvgIpc) is 3.59. The van der Waals surface area contributed by atoms with Gasteiger partial charge in [-0.15, -0.1) is 0 Å². The second kappa shape index (κ2) is 10.9. The predicted octanol–water partition coefficient (Wildman–Crippen LogP) is 6.39. The number of aryl methyl sites for hydroxylation is 2. The number of nitrogens with one attached hydrogen (secondary N) is 4. The van der Waals surface area contributed by atoms with E-state index in [2.05, 4.69) is 36.2 Å². The third-order valence-electron chi connectivity index (χ3n) is 5.93. The van der Waals surface area contributed by atoms with E-state index in [4.69, 9.17) is 0 Å². The van der Waals surface area contributed by atoms with Gasteiger partial charge >= 0.3 is 6.18 Å². The maximum atomic E-state index is 13.0. The number of hydrogen-bond acceptors (Lipinski definition) is 8. The zero-order valence-corrected chi connectivity index (χ0v) is 22.2. The highest BCUT2D eigenvalue weighted by molar-refractivity contribution is 7.17. The van der Waals surface area contributed by atoms with Crippen molar-refractivity contribution in [2.24, 2.45) is 0 Å². The van der Waals surface area contributed by atoms with Crippen LogP contribution in [0.5, 0.6) is 0 Å². The van der Waals surface area contributed by atoms with Gasteiger partial charge in [-0.2, -0.15) is 13.2 Å². The molecule has 206 valence electrons. The number of hydrogen-bond donors (Lipinski definition) is 4. The fraction of sp³-hybridized carbons (Fsp3) is 0.222. The van der Waals surface area contributed by atoms with Crippen LogP contribution in [-0.4, -0.2) is 32.8 Å². The molecule has 9 nitrogen and oxygen atoms in total. The van der Waals surface area contributed by atoms with Gasteiger partial charge in [-0.05, 0) is 62.6 Å². The number of halogens is 3. The molecule has 5 rings (SSSR count). The Balaban J connectivity index is 1.25. The molecule has 2 heterocycles. The lowest BCUT2D eigenvalue weighted by Crippen LogP contribution is -2.15. The van der Waals surface area contributed by atoms with Gasteiger partial charge in [-0.25, -0.2) is 15.0 Å². The number of carbonyl (C=O) groups is 2. The summed E-state index contributed by atoms with van der Waals surface area (Å²) >= 11 is 1.14. The molecule has 13 heteroatoms. The summed E-state index contributed by atoms with van der Waals surface area (Å²) in [6, 6.07) is 11.2. The molecule has 0 saturated heterocycles. The highest BCUT2D eigenvalue weighted by atomic mass is 32.1. The normalized spacial score (nSPS) is 13.0. The van der Waals surface area contributed by atoms with E-state index >= 15 is 0 Å². The van der Waals surface area contributed by atoms with Gasteiger partial charge in [-0.3, -0.25) is 9.59 Å². The number of benzene rings is 2. The van der Waals surface area contributed by atoms with E-state index in [0.29, 0.717) is 39.1 Å². The maximum absolute atomic E-state index is 13.0. The summed E-state index contributed by atoms with van der Waals surface area (Å²) < 4.78 is 39.0. The Morgan fingerprint density at radius 3 is 2.48 bits per heavy atom. The standard InChI is InChI=1S/C27H24F3N7O2S/c1-14-6-7-19(35-24(38)16-4-3-5-17(10-16)27(28,29)30)11-20(14)36-25(39)21-13-31-26(40-21)37-23-12-22(32-15(2)33-23)34-18-8-9-18/h3-7,10-13,18H,8-9H2,1-2H3,(H,35,38)(H,36,39)(H2,31,32,33,34,37). The van der Waals surface area contributed by atoms with Gasteiger partial charge in [0.15, 0.2) is 5.13 Å². The van der Waals surface area contributed by atoms with Crippen LogP contribution in [0.3, 0.4) is 0 Å². The lowest BCUT2D eigenvalue weighted by atomic mass is 10.1. The molecule has 2 aromatic carbocycles. The largest absolute Gasteiger partial charge is 0.416 e. The van der Waals surface area contributed by atoms with Gasteiger partial charge in [0.1, 0.15) is 22.3 Å². The second-order valence-corrected chi connectivity index (χ2v) is 10.3. The first kappa shape index (κ1) is 27.1. The summed E-state index contributed by atoms with van der Waals surface area (Å²) in [5, 5.41) is 12.3. The van der Waals surface area contributed by atoms with E-state index in [1.807, 2.05) is 0 Å². The van der Waals surface area contributed by atoms with Crippen molar-refractivity contribution in [3.8, 4) is 0 Å². The smallest absolute Gasteiger partial charge is 0.367 e. The number of nitrogens with zero attached hydrogens (tertiary/aromatic N) is 3. The second-order valence-electron chi connectivity index (χ2n) is 9.28. The molecule has 0 aliphatic heterocycles. The van der Waals surface area contributed by atoms with Crippen molar-refractivity contribution in [2.75, 3.05) is 21.3 Å². The maximum Gasteiger partial charge on any atom is 0.416 e. The van der Waals surface area contributed by atoms with Gasteiger partial charge in [0.05, 0.1) is 11.8 Å². The Labute approximate surface area is 231 Å². The van der Waals surface area contributed by atoms with Crippen LogP contribution in [0.4, 0.5) is 41.3 Å². The Bertz CT molecular complexity index is 1580. The highest BCUT2D eigenvalue weighted by Crippen LogP contribution is 2.30. The predicted molar refractivity (Wildman–Crippen MR) is 147 cm³/mol. The van der Waals surface area contributed by atoms with E-state index in [9.17, 15) is 22.8 Å². The number of alkyl halides is 3. The fourth-order valence-corrected chi connectivity index (χ4v) is 4.47. The lowest BCUT2D eigenvalue weighted by molar-refractivity contribution is -0.137. The first-order valence-electron chi connectivity index (χ1n) is 12.3. The Kier molecular flexibility index (Phi) is 7.39. The molecule has 4 N–H and O–H groups in total. The minimum atomic E-state index is -4.56. The Morgan fingerprint density at radius 2 is 1.73 bits per heavy atom. The van der Waals surface area contributed by atoms with E-state index in [1.54, 1.807) is 32.0 Å². The van der Waals surface area contributed by atoms with E-state index in [-0.39, 0.29) is 5.56 Å². The van der Waals surface area contributed by atoms with Crippen molar-refractivity contribution in [1.82, 2.24) is 15.0 Å². The lowest BCUT2D eigenvalue weighted by Gasteiger charge is -2.12. The highest BCUT2D eigenvalue weighted by Gasteiger charge is 2.31. The molecule has 4 aromatic rings. The van der Waals surface area contributed by atoms with Crippen LogP contribution in [0.1, 0.15) is 49.8 Å². The third-order valence-corrected chi connectivity index (χ3v) is 6.84. The van der Waals surface area contributed by atoms with E-state index < -0.39 is 23.6 Å². The molecule has 0 bridgehead atoms. The van der Waals surface area contributed by atoms with Crippen molar-refractivity contribution in [1.29, 1.82) is 0 Å². The number of anilines is 5. The summed E-state index contributed by atoms with van der Waals surface area (Å²) in [4.78, 5) is 38.9. The molecular formula is C27H24F3N7O2S. The quantitative estimate of drug-likeness (QED) is 0.195. The molecule has 1 aliphatic carbocycles. The molecule has 2 aromatic heterocycles. The number of thiazole rings is 1. The zero-order chi connectivity index (χ0) is 28.4. The number of amides is 2. The number of rotatable bonds is 8. The topological polar surface area (TPSA) is 121 Å². The van der Waals surface area contributed by atoms with Crippen LogP contribution < -0.4 is 21.3 Å². The average molecular weight is 568 g/mol. The summed E-state index contributed by atoms with van der Waals surface area (Å²) in [6.45, 7) is 3.57. The van der Waals surface area contributed by atoms with Crippen LogP contribution in [-0.2, 0) is 6.18 Å². The zero-order valence-electron chi connectivity index (χ0n) is 21.4. The van der Waals surface area contributed by atoms with Crippen molar-refractivity contribution in [3.05, 3.63) is 82.1 Å². The first-order chi connectivity index (χ1) is 19.0. The van der Waals surface area contributed by atoms with Gasteiger partial charge < -0.3 is 21.3 Å². The SMILES string of the molecule is Cc1nc(Nc2ncc(C(=O)Nc3cc(NC(=O)c4cccc(C(F)(F)F)c4)ccc3C)s2)cc(NC2CC2)n1. The van der Waals surface area contributed by atoms with Crippen molar-refractivity contribution >= 4 is 51.3 Å². The number of carbonyl (C=O) groups excluding carboxylic acids is 2. The van der Waals surface area contributed by atoms with Crippen molar-refractivity contribution in [3.63, 3.8) is 0 Å². The molecule has 0 atom stereocenters. The van der Waals surface area contributed by atoms with Crippen molar-refractivity contribution < 1.29 is 22.8 Å². The van der Waals surface area contributed by atoms with Crippen LogP contribution in [0, 0.1) is 13.8 Å². The summed E-state index contributed by atoms with van der Waals surface area (Å²) in [5.74, 6) is 0.753. The molecular weight excluding hydrogens is 543 g/mol. The monoisotopic (exact) mass is 567 g/mol. The summed E-state index contributed by atoms with van der Waals surface area (Å²) in [6.07, 6.45) is -0.898. The number of aromatic nitrogens is 3. The van der Waals surface area contributed by atoms with Gasteiger partial charge in [0.25, 0.3) is 11.8 Å². The van der Waals surface area contributed by atoms with Crippen molar-refractivity contribution in [2.45, 2.75) is 38.9 Å². The van der Waals surface area contributed by atoms with Crippen LogP contribution in [0.2, 0.25) is 0 Å². The third kappa shape index (κ3) is 6.72. The first-order valence-corrected chi connectivity index (χ1v) is 13.1. The summed E-state index contributed by atoms with van der Waals surface area (Å²) in [7, 11) is 0. The Hall–Kier alpha value is -4.52. The molecule has 0 spiro atoms. The van der Waals surface area contributed by atoms with Crippen LogP contribution >= 0.6 is 11.3 Å². The van der Waals surface area contributed by atoms with Gasteiger partial charge in [0, 0.05) is 29.0 Å². The van der Waals surface area contributed by atoms with Gasteiger partial charge in [-0.1, -0.05) is 23.5 Å². The van der Waals surface area contributed by atoms with Crippen LogP contribution in [0.15, 0.2) is 54.7 Å². The van der Waals surface area contributed by atoms with Gasteiger partial charge in [0.2, 0.25) is 0 Å². The van der Waals surface area contributed by atoms with Crippen LogP contribution in [0.25, 0.3) is 0 Å². The molecule has 1 fully saturated rings. The Morgan fingerprint density at radius 1 is 0.950 bits per heavy atom. The molecule has 0 unspecified atom stereocenters. The van der Waals surface area contributed by atoms with E-state index in [0.717, 1.165) is 47.7 Å². The molecule has 40 heavy (non-hydrogen) atoms. The van der Waals surface area contributed by atoms with E-state index in [1.165, 1.54) is 24.4 Å². The minimum absolute atomic E-state index is 0.139. The fourth-order valence-electron chi connectivity index (χ4n) is 3.75. The minimum Gasteiger partial charge on any atom is -0.367 e. The molecule has 1 saturated carbocycles. The summed E-state index contributed by atoms with van der Waals surface area (Å²) in [5.41, 5.74) is 0.405. The molecule has 2 amide bonds. The molecule has 0 radical (unpaired) electrons.